The zero-order valence-corrected chi connectivity index (χ0v) is 14.2. The second-order valence-electron chi connectivity index (χ2n) is 5.41. The first kappa shape index (κ1) is 17.5. The van der Waals surface area contributed by atoms with Crippen LogP contribution < -0.4 is 20.5 Å². The zero-order valence-electron chi connectivity index (χ0n) is 13.4. The van der Waals surface area contributed by atoms with Crippen LogP contribution in [0.15, 0.2) is 24.3 Å². The van der Waals surface area contributed by atoms with Crippen LogP contribution in [0.4, 0.5) is 11.4 Å². The highest BCUT2D eigenvalue weighted by atomic mass is 32.2. The summed E-state index contributed by atoms with van der Waals surface area (Å²) in [5, 5.41) is -0.912. The molecule has 1 aromatic carbocycles. The third-order valence-corrected chi connectivity index (χ3v) is 5.04. The monoisotopic (exact) mass is 342 g/mol. The maximum Gasteiger partial charge on any atom is 0.324 e. The molecule has 23 heavy (non-hydrogen) atoms. The van der Waals surface area contributed by atoms with E-state index in [-0.39, 0.29) is 13.0 Å². The molecular weight excluding hydrogens is 320 g/mol. The van der Waals surface area contributed by atoms with Crippen LogP contribution in [-0.2, 0) is 19.6 Å². The van der Waals surface area contributed by atoms with Crippen LogP contribution in [0, 0.1) is 0 Å². The van der Waals surface area contributed by atoms with E-state index in [4.69, 9.17) is 4.74 Å². The fourth-order valence-corrected chi connectivity index (χ4v) is 3.47. The average Bonchev–Trinajstić information content (AvgIpc) is 2.98. The quantitative estimate of drug-likeness (QED) is 0.637. The molecule has 2 atom stereocenters. The number of hydrogen-bond donors (Lipinski definition) is 3. The maximum absolute atomic E-state index is 12.4. The smallest absolute Gasteiger partial charge is 0.324 e. The van der Waals surface area contributed by atoms with E-state index in [1.165, 1.54) is 0 Å². The Morgan fingerprint density at radius 1 is 1.30 bits per heavy atom. The van der Waals surface area contributed by atoms with Crippen LogP contribution in [0.3, 0.4) is 0 Å². The lowest BCUT2D eigenvalue weighted by Crippen LogP contribution is -2.41. The van der Waals surface area contributed by atoms with Crippen molar-refractivity contribution in [3.63, 3.8) is 0 Å². The van der Waals surface area contributed by atoms with Gasteiger partial charge in [0.15, 0.2) is 0 Å². The SMILES string of the molecule is CCOC(=O)C1CC(S(=O)(=O)Nc2ccc(N(C)C)cc2)NN1. The van der Waals surface area contributed by atoms with Gasteiger partial charge in [0.25, 0.3) is 0 Å². The lowest BCUT2D eigenvalue weighted by molar-refractivity contribution is -0.145. The van der Waals surface area contributed by atoms with Crippen molar-refractivity contribution < 1.29 is 17.9 Å². The molecule has 1 saturated heterocycles. The van der Waals surface area contributed by atoms with Gasteiger partial charge in [0, 0.05) is 31.9 Å². The van der Waals surface area contributed by atoms with Crippen molar-refractivity contribution in [1.29, 1.82) is 0 Å². The normalized spacial score (nSPS) is 21.0. The number of carbonyl (C=O) groups excluding carboxylic acids is 1. The minimum Gasteiger partial charge on any atom is -0.465 e. The molecule has 128 valence electrons. The first-order chi connectivity index (χ1) is 10.8. The van der Waals surface area contributed by atoms with Crippen molar-refractivity contribution in [3.05, 3.63) is 24.3 Å². The summed E-state index contributed by atoms with van der Waals surface area (Å²) in [5.41, 5.74) is 6.72. The summed E-state index contributed by atoms with van der Waals surface area (Å²) in [6.45, 7) is 1.96. The molecule has 0 bridgehead atoms. The van der Waals surface area contributed by atoms with Gasteiger partial charge in [0.2, 0.25) is 10.0 Å². The van der Waals surface area contributed by atoms with Crippen LogP contribution in [0.2, 0.25) is 0 Å². The Morgan fingerprint density at radius 2 is 1.96 bits per heavy atom. The molecule has 1 fully saturated rings. The first-order valence-corrected chi connectivity index (χ1v) is 8.85. The van der Waals surface area contributed by atoms with Gasteiger partial charge in [0.05, 0.1) is 6.61 Å². The Labute approximate surface area is 136 Å². The third-order valence-electron chi connectivity index (χ3n) is 3.46. The summed E-state index contributed by atoms with van der Waals surface area (Å²) in [6, 6.07) is 6.35. The van der Waals surface area contributed by atoms with Gasteiger partial charge in [-0.1, -0.05) is 0 Å². The average molecular weight is 342 g/mol. The largest absolute Gasteiger partial charge is 0.465 e. The fourth-order valence-electron chi connectivity index (χ4n) is 2.19. The van der Waals surface area contributed by atoms with Gasteiger partial charge in [-0.15, -0.1) is 0 Å². The van der Waals surface area contributed by atoms with Crippen LogP contribution in [0.1, 0.15) is 13.3 Å². The molecule has 1 heterocycles. The van der Waals surface area contributed by atoms with Crippen LogP contribution in [0.25, 0.3) is 0 Å². The molecule has 0 aromatic heterocycles. The van der Waals surface area contributed by atoms with Gasteiger partial charge in [0.1, 0.15) is 11.4 Å². The Morgan fingerprint density at radius 3 is 2.52 bits per heavy atom. The number of rotatable bonds is 6. The minimum atomic E-state index is -3.67. The fraction of sp³-hybridized carbons (Fsp3) is 0.500. The number of nitrogens with one attached hydrogen (secondary N) is 3. The Balaban J connectivity index is 2.01. The lowest BCUT2D eigenvalue weighted by atomic mass is 10.2. The van der Waals surface area contributed by atoms with E-state index >= 15 is 0 Å². The predicted molar refractivity (Wildman–Crippen MR) is 88.4 cm³/mol. The van der Waals surface area contributed by atoms with E-state index in [1.54, 1.807) is 19.1 Å². The van der Waals surface area contributed by atoms with Crippen molar-refractivity contribution in [2.75, 3.05) is 30.3 Å². The number of anilines is 2. The van der Waals surface area contributed by atoms with Crippen molar-refractivity contribution in [2.45, 2.75) is 24.8 Å². The molecule has 2 unspecified atom stereocenters. The lowest BCUT2D eigenvalue weighted by Gasteiger charge is -2.15. The molecule has 0 spiro atoms. The van der Waals surface area contributed by atoms with E-state index < -0.39 is 27.4 Å². The van der Waals surface area contributed by atoms with E-state index in [0.717, 1.165) is 5.69 Å². The summed E-state index contributed by atoms with van der Waals surface area (Å²) >= 11 is 0. The zero-order chi connectivity index (χ0) is 17.0. The molecule has 9 heteroatoms. The highest BCUT2D eigenvalue weighted by Gasteiger charge is 2.37. The van der Waals surface area contributed by atoms with Gasteiger partial charge in [-0.3, -0.25) is 9.52 Å². The van der Waals surface area contributed by atoms with Crippen LogP contribution >= 0.6 is 0 Å². The first-order valence-electron chi connectivity index (χ1n) is 7.30. The molecule has 1 aliphatic rings. The van der Waals surface area contributed by atoms with E-state index in [1.807, 2.05) is 31.1 Å². The van der Waals surface area contributed by atoms with Crippen molar-refractivity contribution in [1.82, 2.24) is 10.9 Å². The van der Waals surface area contributed by atoms with Gasteiger partial charge in [-0.25, -0.2) is 19.3 Å². The summed E-state index contributed by atoms with van der Waals surface area (Å²) < 4.78 is 32.1. The number of hydrogen-bond acceptors (Lipinski definition) is 7. The molecule has 0 saturated carbocycles. The molecule has 8 nitrogen and oxygen atoms in total. The highest BCUT2D eigenvalue weighted by Crippen LogP contribution is 2.19. The summed E-state index contributed by atoms with van der Waals surface area (Å²) in [7, 11) is 0.139. The van der Waals surface area contributed by atoms with Crippen molar-refractivity contribution in [3.8, 4) is 0 Å². The summed E-state index contributed by atoms with van der Waals surface area (Å²) in [5.74, 6) is -0.465. The summed E-state index contributed by atoms with van der Waals surface area (Å²) in [6.07, 6.45) is 0.101. The van der Waals surface area contributed by atoms with Gasteiger partial charge in [-0.05, 0) is 31.2 Å². The molecule has 0 aliphatic carbocycles. The molecule has 3 N–H and O–H groups in total. The van der Waals surface area contributed by atoms with Crippen molar-refractivity contribution >= 4 is 27.4 Å². The number of carbonyl (C=O) groups is 1. The number of benzene rings is 1. The Kier molecular flexibility index (Phi) is 5.45. The predicted octanol–water partition coefficient (Wildman–Crippen LogP) is 0.250. The number of hydrazine groups is 1. The Bertz CT molecular complexity index is 645. The minimum absolute atomic E-state index is 0.101. The molecule has 0 amide bonds. The Hall–Kier alpha value is -1.84. The van der Waals surface area contributed by atoms with E-state index in [9.17, 15) is 13.2 Å². The van der Waals surface area contributed by atoms with Crippen LogP contribution in [0.5, 0.6) is 0 Å². The molecule has 1 aromatic rings. The second kappa shape index (κ2) is 7.16. The van der Waals surface area contributed by atoms with Gasteiger partial charge < -0.3 is 9.64 Å². The van der Waals surface area contributed by atoms with E-state index in [0.29, 0.717) is 5.69 Å². The topological polar surface area (TPSA) is 99.8 Å². The molecule has 1 aliphatic heterocycles. The standard InChI is InChI=1S/C14H22N4O4S/c1-4-22-14(19)12-9-13(16-15-12)23(20,21)17-10-5-7-11(8-6-10)18(2)3/h5-8,12-13,15-17H,4,9H2,1-3H3. The number of nitrogens with zero attached hydrogens (tertiary/aromatic N) is 1. The maximum atomic E-state index is 12.4. The number of esters is 1. The van der Waals surface area contributed by atoms with Crippen molar-refractivity contribution in [2.24, 2.45) is 0 Å². The highest BCUT2D eigenvalue weighted by molar-refractivity contribution is 7.93. The molecular formula is C14H22N4O4S. The summed E-state index contributed by atoms with van der Waals surface area (Å²) in [4.78, 5) is 13.6. The number of sulfonamides is 1. The van der Waals surface area contributed by atoms with Crippen LogP contribution in [-0.4, -0.2) is 46.5 Å². The second-order valence-corrected chi connectivity index (χ2v) is 7.27. The van der Waals surface area contributed by atoms with E-state index in [2.05, 4.69) is 15.6 Å². The van der Waals surface area contributed by atoms with Gasteiger partial charge in [-0.2, -0.15) is 0 Å². The molecule has 0 radical (unpaired) electrons. The third kappa shape index (κ3) is 4.34. The van der Waals surface area contributed by atoms with Gasteiger partial charge >= 0.3 is 5.97 Å². The molecule has 2 rings (SSSR count). The number of ether oxygens (including phenoxy) is 1.